The largest absolute Gasteiger partial charge is 0.395 e. The number of aryl methyl sites for hydroxylation is 2. The molecule has 0 fully saturated rings. The molecule has 0 aliphatic carbocycles. The van der Waals surface area contributed by atoms with Crippen molar-refractivity contribution in [1.82, 2.24) is 14.1 Å². The van der Waals surface area contributed by atoms with Gasteiger partial charge in [-0.1, -0.05) is 18.2 Å². The number of aliphatic hydroxyl groups is 2. The lowest BCUT2D eigenvalue weighted by Gasteiger charge is -2.39. The monoisotopic (exact) mass is 365 g/mol. The highest BCUT2D eigenvalue weighted by Crippen LogP contribution is 2.37. The fourth-order valence-electron chi connectivity index (χ4n) is 3.37. The van der Waals surface area contributed by atoms with Crippen molar-refractivity contribution in [3.05, 3.63) is 47.3 Å². The minimum Gasteiger partial charge on any atom is -0.395 e. The molecule has 1 aromatic carbocycles. The summed E-state index contributed by atoms with van der Waals surface area (Å²) in [5, 5.41) is 24.6. The maximum atomic E-state index is 13.0. The Balaban J connectivity index is 2.05. The Morgan fingerprint density at radius 1 is 1.28 bits per heavy atom. The van der Waals surface area contributed by atoms with Gasteiger partial charge < -0.3 is 10.2 Å². The second-order valence-corrected chi connectivity index (χ2v) is 8.05. The van der Waals surface area contributed by atoms with Crippen LogP contribution in [0.2, 0.25) is 0 Å². The van der Waals surface area contributed by atoms with Crippen LogP contribution in [0.4, 0.5) is 0 Å². The zero-order valence-electron chi connectivity index (χ0n) is 14.3. The number of hydrogen-bond acceptors (Lipinski definition) is 5. The van der Waals surface area contributed by atoms with E-state index in [9.17, 15) is 18.6 Å². The van der Waals surface area contributed by atoms with E-state index in [0.29, 0.717) is 12.0 Å². The highest BCUT2D eigenvalue weighted by Gasteiger charge is 2.43. The van der Waals surface area contributed by atoms with E-state index in [1.807, 2.05) is 20.0 Å². The molecule has 2 aromatic rings. The first-order valence-corrected chi connectivity index (χ1v) is 9.76. The molecule has 136 valence electrons. The van der Waals surface area contributed by atoms with Crippen molar-refractivity contribution in [1.29, 1.82) is 0 Å². The van der Waals surface area contributed by atoms with Crippen molar-refractivity contribution in [3.8, 4) is 0 Å². The number of hydrogen-bond donors (Lipinski definition) is 2. The highest BCUT2D eigenvalue weighted by molar-refractivity contribution is 7.89. The van der Waals surface area contributed by atoms with Crippen LogP contribution in [0.15, 0.2) is 35.4 Å². The van der Waals surface area contributed by atoms with Gasteiger partial charge in [0.15, 0.2) is 0 Å². The van der Waals surface area contributed by atoms with E-state index in [4.69, 9.17) is 0 Å². The molecule has 1 aliphatic rings. The van der Waals surface area contributed by atoms with Gasteiger partial charge >= 0.3 is 0 Å². The second-order valence-electron chi connectivity index (χ2n) is 6.19. The summed E-state index contributed by atoms with van der Waals surface area (Å²) in [6.07, 6.45) is 1.25. The third kappa shape index (κ3) is 3.10. The average Bonchev–Trinajstić information content (AvgIpc) is 2.96. The molecule has 0 bridgehead atoms. The molecule has 3 rings (SSSR count). The summed E-state index contributed by atoms with van der Waals surface area (Å²) in [5.74, 6) is 0. The van der Waals surface area contributed by atoms with Crippen molar-refractivity contribution in [3.63, 3.8) is 0 Å². The van der Waals surface area contributed by atoms with Crippen LogP contribution in [-0.2, 0) is 23.0 Å². The van der Waals surface area contributed by atoms with E-state index < -0.39 is 22.2 Å². The van der Waals surface area contributed by atoms with Gasteiger partial charge in [0.2, 0.25) is 10.0 Å². The van der Waals surface area contributed by atoms with Crippen molar-refractivity contribution < 1.29 is 18.6 Å². The van der Waals surface area contributed by atoms with Gasteiger partial charge in [-0.15, -0.1) is 0 Å². The molecule has 2 unspecified atom stereocenters. The molecule has 2 atom stereocenters. The number of aromatic nitrogens is 2. The molecule has 1 aromatic heterocycles. The number of fused-ring (bicyclic) bond motifs is 1. The lowest BCUT2D eigenvalue weighted by atomic mass is 9.96. The van der Waals surface area contributed by atoms with Crippen LogP contribution in [0.25, 0.3) is 0 Å². The SMILES string of the molecule is CCn1cc(CC2C(O)c3ccccc3S(=O)(=O)N2CCO)c(C)n1. The van der Waals surface area contributed by atoms with Gasteiger partial charge in [-0.25, -0.2) is 8.42 Å². The molecule has 0 spiro atoms. The number of aliphatic hydroxyl groups excluding tert-OH is 2. The lowest BCUT2D eigenvalue weighted by molar-refractivity contribution is 0.0724. The second kappa shape index (κ2) is 6.87. The van der Waals surface area contributed by atoms with Gasteiger partial charge in [-0.3, -0.25) is 4.68 Å². The maximum absolute atomic E-state index is 13.0. The summed E-state index contributed by atoms with van der Waals surface area (Å²) < 4.78 is 28.9. The van der Waals surface area contributed by atoms with Crippen LogP contribution in [-0.4, -0.2) is 51.9 Å². The Morgan fingerprint density at radius 3 is 2.64 bits per heavy atom. The predicted octanol–water partition coefficient (Wildman–Crippen LogP) is 0.853. The third-order valence-electron chi connectivity index (χ3n) is 4.68. The first-order valence-electron chi connectivity index (χ1n) is 8.32. The quantitative estimate of drug-likeness (QED) is 0.819. The molecule has 0 saturated heterocycles. The Hall–Kier alpha value is -1.74. The molecule has 7 nitrogen and oxygen atoms in total. The van der Waals surface area contributed by atoms with Crippen molar-refractivity contribution in [2.45, 2.75) is 43.9 Å². The van der Waals surface area contributed by atoms with Crippen LogP contribution < -0.4 is 0 Å². The molecule has 2 heterocycles. The fourth-order valence-corrected chi connectivity index (χ4v) is 5.23. The number of sulfonamides is 1. The number of nitrogens with zero attached hydrogens (tertiary/aromatic N) is 3. The average molecular weight is 365 g/mol. The Labute approximate surface area is 147 Å². The summed E-state index contributed by atoms with van der Waals surface area (Å²) in [5.41, 5.74) is 2.11. The zero-order chi connectivity index (χ0) is 18.2. The molecular formula is C17H23N3O4S. The van der Waals surface area contributed by atoms with Crippen LogP contribution >= 0.6 is 0 Å². The van der Waals surface area contributed by atoms with E-state index in [2.05, 4.69) is 5.10 Å². The van der Waals surface area contributed by atoms with Gasteiger partial charge in [-0.2, -0.15) is 9.40 Å². The summed E-state index contributed by atoms with van der Waals surface area (Å²) >= 11 is 0. The van der Waals surface area contributed by atoms with Gasteiger partial charge in [-0.05, 0) is 31.9 Å². The first-order chi connectivity index (χ1) is 11.9. The van der Waals surface area contributed by atoms with E-state index in [1.165, 1.54) is 10.4 Å². The minimum absolute atomic E-state index is 0.0562. The molecule has 1 aliphatic heterocycles. The third-order valence-corrected chi connectivity index (χ3v) is 6.68. The highest BCUT2D eigenvalue weighted by atomic mass is 32.2. The smallest absolute Gasteiger partial charge is 0.243 e. The molecule has 0 radical (unpaired) electrons. The number of benzene rings is 1. The van der Waals surface area contributed by atoms with Gasteiger partial charge in [0.05, 0.1) is 29.3 Å². The molecular weight excluding hydrogens is 342 g/mol. The Kier molecular flexibility index (Phi) is 4.97. The van der Waals surface area contributed by atoms with Crippen LogP contribution in [0.1, 0.15) is 29.8 Å². The molecule has 25 heavy (non-hydrogen) atoms. The first kappa shape index (κ1) is 18.1. The van der Waals surface area contributed by atoms with Gasteiger partial charge in [0.25, 0.3) is 0 Å². The summed E-state index contributed by atoms with van der Waals surface area (Å²) in [4.78, 5) is 0.105. The van der Waals surface area contributed by atoms with Crippen LogP contribution in [0.5, 0.6) is 0 Å². The summed E-state index contributed by atoms with van der Waals surface area (Å²) in [7, 11) is -3.77. The fraction of sp³-hybridized carbons (Fsp3) is 0.471. The topological polar surface area (TPSA) is 95.7 Å². The van der Waals surface area contributed by atoms with Crippen molar-refractivity contribution >= 4 is 10.0 Å². The summed E-state index contributed by atoms with van der Waals surface area (Å²) in [6.45, 7) is 4.20. The summed E-state index contributed by atoms with van der Waals surface area (Å²) in [6, 6.07) is 5.81. The Bertz CT molecular complexity index is 863. The molecule has 0 saturated carbocycles. The number of β-amino-alcohol motifs (C(OH)–C–C–N with tert-alkyl or cyclic N) is 1. The molecule has 2 N–H and O–H groups in total. The van der Waals surface area contributed by atoms with E-state index in [1.54, 1.807) is 22.9 Å². The lowest BCUT2D eigenvalue weighted by Crippen LogP contribution is -2.50. The van der Waals surface area contributed by atoms with Gasteiger partial charge in [0.1, 0.15) is 0 Å². The van der Waals surface area contributed by atoms with Crippen LogP contribution in [0.3, 0.4) is 0 Å². The molecule has 8 heteroatoms. The van der Waals surface area contributed by atoms with Gasteiger partial charge in [0, 0.05) is 24.8 Å². The zero-order valence-corrected chi connectivity index (χ0v) is 15.1. The van der Waals surface area contributed by atoms with E-state index in [-0.39, 0.29) is 18.0 Å². The minimum atomic E-state index is -3.77. The van der Waals surface area contributed by atoms with Crippen LogP contribution in [0, 0.1) is 6.92 Å². The van der Waals surface area contributed by atoms with Crippen molar-refractivity contribution in [2.24, 2.45) is 0 Å². The number of rotatable bonds is 5. The Morgan fingerprint density at radius 2 is 2.00 bits per heavy atom. The predicted molar refractivity (Wildman–Crippen MR) is 92.5 cm³/mol. The van der Waals surface area contributed by atoms with E-state index in [0.717, 1.165) is 17.8 Å². The van der Waals surface area contributed by atoms with Crippen molar-refractivity contribution in [2.75, 3.05) is 13.2 Å². The normalized spacial score (nSPS) is 22.7. The van der Waals surface area contributed by atoms with E-state index >= 15 is 0 Å². The molecule has 0 amide bonds. The standard InChI is InChI=1S/C17H23N3O4S/c1-3-19-11-13(12(2)18-19)10-15-17(22)14-6-4-5-7-16(14)25(23,24)20(15)8-9-21/h4-7,11,15,17,21-22H,3,8-10H2,1-2H3. The maximum Gasteiger partial charge on any atom is 0.243 e.